The largest absolute Gasteiger partial charge is 0.376 e. The number of carbonyl (C=O) groups is 1. The van der Waals surface area contributed by atoms with Gasteiger partial charge in [-0.3, -0.25) is 10.1 Å². The van der Waals surface area contributed by atoms with E-state index in [1.807, 2.05) is 6.92 Å². The molecule has 2 heterocycles. The number of hydrogen-bond acceptors (Lipinski definition) is 3. The zero-order valence-corrected chi connectivity index (χ0v) is 12.3. The zero-order valence-electron chi connectivity index (χ0n) is 12.3. The van der Waals surface area contributed by atoms with Crippen LogP contribution in [-0.4, -0.2) is 41.3 Å². The Balaban J connectivity index is 1.83. The Kier molecular flexibility index (Phi) is 3.34. The fraction of sp³-hybridized carbons (Fsp3) is 0.933. The smallest absolute Gasteiger partial charge is 0.244 e. The molecular weight excluding hydrogens is 240 g/mol. The van der Waals surface area contributed by atoms with Crippen molar-refractivity contribution in [2.45, 2.75) is 76.7 Å². The van der Waals surface area contributed by atoms with E-state index in [4.69, 9.17) is 4.74 Å². The molecular formula is C15H26N2O2. The van der Waals surface area contributed by atoms with Crippen molar-refractivity contribution >= 4 is 5.91 Å². The maximum absolute atomic E-state index is 12.8. The molecule has 2 aliphatic heterocycles. The normalized spacial score (nSPS) is 43.2. The van der Waals surface area contributed by atoms with Crippen LogP contribution < -0.4 is 5.32 Å². The Morgan fingerprint density at radius 1 is 1.37 bits per heavy atom. The maximum atomic E-state index is 12.8. The second-order valence-electron chi connectivity index (χ2n) is 6.50. The summed E-state index contributed by atoms with van der Waals surface area (Å²) in [6.07, 6.45) is 5.85. The first-order valence-electron chi connectivity index (χ1n) is 7.82. The van der Waals surface area contributed by atoms with Crippen LogP contribution in [0, 0.1) is 5.92 Å². The lowest BCUT2D eigenvalue weighted by Gasteiger charge is -2.33. The highest BCUT2D eigenvalue weighted by Crippen LogP contribution is 2.42. The van der Waals surface area contributed by atoms with Crippen LogP contribution in [0.2, 0.25) is 0 Å². The lowest BCUT2D eigenvalue weighted by Crippen LogP contribution is -2.49. The van der Waals surface area contributed by atoms with Crippen molar-refractivity contribution in [1.29, 1.82) is 0 Å². The van der Waals surface area contributed by atoms with Gasteiger partial charge in [-0.1, -0.05) is 13.8 Å². The minimum absolute atomic E-state index is 0.186. The Hall–Kier alpha value is -0.610. The van der Waals surface area contributed by atoms with Crippen LogP contribution in [0.15, 0.2) is 0 Å². The van der Waals surface area contributed by atoms with E-state index >= 15 is 0 Å². The van der Waals surface area contributed by atoms with Crippen LogP contribution in [0.5, 0.6) is 0 Å². The number of rotatable bonds is 4. The molecule has 4 unspecified atom stereocenters. The number of nitrogens with one attached hydrogen (secondary N) is 1. The van der Waals surface area contributed by atoms with Crippen molar-refractivity contribution < 1.29 is 9.53 Å². The Morgan fingerprint density at radius 2 is 2.11 bits per heavy atom. The van der Waals surface area contributed by atoms with Gasteiger partial charge in [-0.25, -0.2) is 0 Å². The molecule has 0 bridgehead atoms. The lowest BCUT2D eigenvalue weighted by molar-refractivity contribution is -0.136. The molecule has 0 aromatic rings. The minimum atomic E-state index is -0.378. The Bertz CT molecular complexity index is 369. The predicted octanol–water partition coefficient (Wildman–Crippen LogP) is 1.89. The van der Waals surface area contributed by atoms with Crippen LogP contribution in [0.25, 0.3) is 0 Å². The van der Waals surface area contributed by atoms with Crippen molar-refractivity contribution in [2.24, 2.45) is 5.92 Å². The molecule has 0 aromatic carbocycles. The summed E-state index contributed by atoms with van der Waals surface area (Å²) >= 11 is 0. The molecule has 19 heavy (non-hydrogen) atoms. The van der Waals surface area contributed by atoms with Crippen LogP contribution in [0.3, 0.4) is 0 Å². The summed E-state index contributed by atoms with van der Waals surface area (Å²) in [5.41, 5.74) is -0.378. The number of amides is 1. The molecule has 3 aliphatic rings. The summed E-state index contributed by atoms with van der Waals surface area (Å²) < 4.78 is 5.92. The third-order valence-electron chi connectivity index (χ3n) is 5.17. The summed E-state index contributed by atoms with van der Waals surface area (Å²) in [6, 6.07) is 0.297. The average Bonchev–Trinajstić information content (AvgIpc) is 3.10. The number of hydrogen-bond donors (Lipinski definition) is 1. The van der Waals surface area contributed by atoms with Gasteiger partial charge in [0.25, 0.3) is 0 Å². The van der Waals surface area contributed by atoms with Gasteiger partial charge in [0.1, 0.15) is 0 Å². The molecule has 1 aliphatic carbocycles. The molecule has 2 saturated heterocycles. The van der Waals surface area contributed by atoms with Gasteiger partial charge in [0.05, 0.1) is 23.9 Å². The van der Waals surface area contributed by atoms with E-state index in [-0.39, 0.29) is 17.6 Å². The Labute approximate surface area is 115 Å². The van der Waals surface area contributed by atoms with Gasteiger partial charge in [0, 0.05) is 6.61 Å². The summed E-state index contributed by atoms with van der Waals surface area (Å²) in [5, 5.41) is 3.54. The third kappa shape index (κ3) is 2.09. The highest BCUT2D eigenvalue weighted by Gasteiger charge is 2.53. The third-order valence-corrected chi connectivity index (χ3v) is 5.17. The van der Waals surface area contributed by atoms with E-state index in [2.05, 4.69) is 24.1 Å². The number of ether oxygens (including phenoxy) is 1. The van der Waals surface area contributed by atoms with Crippen LogP contribution in [0.4, 0.5) is 0 Å². The zero-order chi connectivity index (χ0) is 13.6. The van der Waals surface area contributed by atoms with Crippen molar-refractivity contribution in [3.63, 3.8) is 0 Å². The van der Waals surface area contributed by atoms with Gasteiger partial charge in [-0.05, 0) is 44.9 Å². The summed E-state index contributed by atoms with van der Waals surface area (Å²) in [4.78, 5) is 14.9. The van der Waals surface area contributed by atoms with Crippen LogP contribution in [-0.2, 0) is 9.53 Å². The monoisotopic (exact) mass is 266 g/mol. The molecule has 3 rings (SSSR count). The topological polar surface area (TPSA) is 41.6 Å². The van der Waals surface area contributed by atoms with E-state index in [0.717, 1.165) is 25.9 Å². The number of nitrogens with zero attached hydrogens (tertiary/aromatic N) is 1. The molecule has 1 N–H and O–H groups in total. The second kappa shape index (κ2) is 4.74. The SMILES string of the molecule is CCC1NC(C)(CC)C(=O)N1C1CCOC1C1CC1. The lowest BCUT2D eigenvalue weighted by atomic mass is 9.97. The summed E-state index contributed by atoms with van der Waals surface area (Å²) in [5.74, 6) is 0.981. The molecule has 4 nitrogen and oxygen atoms in total. The van der Waals surface area contributed by atoms with Gasteiger partial charge in [-0.2, -0.15) is 0 Å². The second-order valence-corrected chi connectivity index (χ2v) is 6.50. The first kappa shape index (κ1) is 13.4. The van der Waals surface area contributed by atoms with Gasteiger partial charge < -0.3 is 9.64 Å². The minimum Gasteiger partial charge on any atom is -0.376 e. The van der Waals surface area contributed by atoms with Crippen LogP contribution >= 0.6 is 0 Å². The van der Waals surface area contributed by atoms with Crippen molar-refractivity contribution in [3.8, 4) is 0 Å². The standard InChI is InChI=1S/C15H26N2O2/c1-4-12-16-15(3,5-2)14(18)17(12)11-8-9-19-13(11)10-6-7-10/h10-13,16H,4-9H2,1-3H3. The number of carbonyl (C=O) groups excluding carboxylic acids is 1. The molecule has 4 atom stereocenters. The van der Waals surface area contributed by atoms with Crippen molar-refractivity contribution in [1.82, 2.24) is 10.2 Å². The first-order chi connectivity index (χ1) is 9.10. The predicted molar refractivity (Wildman–Crippen MR) is 73.6 cm³/mol. The van der Waals surface area contributed by atoms with Crippen molar-refractivity contribution in [2.75, 3.05) is 6.61 Å². The first-order valence-corrected chi connectivity index (χ1v) is 7.82. The maximum Gasteiger partial charge on any atom is 0.244 e. The van der Waals surface area contributed by atoms with Gasteiger partial charge in [0.15, 0.2) is 0 Å². The van der Waals surface area contributed by atoms with Gasteiger partial charge in [-0.15, -0.1) is 0 Å². The van der Waals surface area contributed by atoms with Gasteiger partial charge in [0.2, 0.25) is 5.91 Å². The van der Waals surface area contributed by atoms with E-state index in [9.17, 15) is 4.79 Å². The summed E-state index contributed by atoms with van der Waals surface area (Å²) in [6.45, 7) is 7.10. The van der Waals surface area contributed by atoms with E-state index in [1.165, 1.54) is 12.8 Å². The molecule has 0 aromatic heterocycles. The fourth-order valence-electron chi connectivity index (χ4n) is 3.63. The molecule has 4 heteroatoms. The average molecular weight is 266 g/mol. The molecule has 0 spiro atoms. The molecule has 3 fully saturated rings. The molecule has 1 amide bonds. The van der Waals surface area contributed by atoms with Crippen molar-refractivity contribution in [3.05, 3.63) is 0 Å². The van der Waals surface area contributed by atoms with E-state index < -0.39 is 0 Å². The van der Waals surface area contributed by atoms with E-state index in [1.54, 1.807) is 0 Å². The molecule has 1 saturated carbocycles. The molecule has 108 valence electrons. The van der Waals surface area contributed by atoms with E-state index in [0.29, 0.717) is 18.1 Å². The quantitative estimate of drug-likeness (QED) is 0.845. The Morgan fingerprint density at radius 3 is 2.68 bits per heavy atom. The fourth-order valence-corrected chi connectivity index (χ4v) is 3.63. The highest BCUT2D eigenvalue weighted by atomic mass is 16.5. The highest BCUT2D eigenvalue weighted by molar-refractivity contribution is 5.88. The summed E-state index contributed by atoms with van der Waals surface area (Å²) in [7, 11) is 0. The van der Waals surface area contributed by atoms with Gasteiger partial charge >= 0.3 is 0 Å². The van der Waals surface area contributed by atoms with Crippen LogP contribution in [0.1, 0.15) is 52.9 Å². The molecule has 0 radical (unpaired) electrons.